The van der Waals surface area contributed by atoms with E-state index in [1.807, 2.05) is 0 Å². The van der Waals surface area contributed by atoms with Crippen molar-refractivity contribution in [3.63, 3.8) is 0 Å². The second-order valence-corrected chi connectivity index (χ2v) is 4.78. The number of hydrogen-bond acceptors (Lipinski definition) is 4. The summed E-state index contributed by atoms with van der Waals surface area (Å²) >= 11 is 3.31. The number of nitrogens with zero attached hydrogens (tertiary/aromatic N) is 2. The summed E-state index contributed by atoms with van der Waals surface area (Å²) in [6, 6.07) is 6.14. The lowest BCUT2D eigenvalue weighted by atomic mass is 10.2. The largest absolute Gasteiger partial charge is 0.478 e. The number of aromatic nitrogens is 2. The van der Waals surface area contributed by atoms with Crippen LogP contribution in [-0.4, -0.2) is 27.0 Å². The number of halogens is 1. The van der Waals surface area contributed by atoms with Crippen molar-refractivity contribution in [3.8, 4) is 0 Å². The summed E-state index contributed by atoms with van der Waals surface area (Å²) in [5.41, 5.74) is 0.406. The van der Waals surface area contributed by atoms with Crippen LogP contribution in [0, 0.1) is 6.92 Å². The van der Waals surface area contributed by atoms with Gasteiger partial charge in [0.15, 0.2) is 0 Å². The van der Waals surface area contributed by atoms with E-state index in [0.29, 0.717) is 11.5 Å². The van der Waals surface area contributed by atoms with E-state index in [2.05, 4.69) is 31.2 Å². The number of nitrogens with one attached hydrogen (secondary N) is 1. The van der Waals surface area contributed by atoms with Crippen LogP contribution in [0.1, 0.15) is 26.5 Å². The first kappa shape index (κ1) is 14.1. The third-order valence-electron chi connectivity index (χ3n) is 2.52. The zero-order chi connectivity index (χ0) is 14.7. The molecule has 2 aromatic heterocycles. The molecule has 0 atom stereocenters. The highest BCUT2D eigenvalue weighted by molar-refractivity contribution is 9.10. The highest BCUT2D eigenvalue weighted by atomic mass is 79.9. The number of amides is 1. The maximum absolute atomic E-state index is 12.0. The lowest BCUT2D eigenvalue weighted by molar-refractivity contribution is 0.0691. The van der Waals surface area contributed by atoms with Gasteiger partial charge in [0.05, 0.1) is 11.3 Å². The van der Waals surface area contributed by atoms with E-state index in [0.717, 1.165) is 4.47 Å². The quantitative estimate of drug-likeness (QED) is 0.898. The number of anilines is 1. The first-order chi connectivity index (χ1) is 9.49. The molecular weight excluding hydrogens is 326 g/mol. The van der Waals surface area contributed by atoms with Crippen molar-refractivity contribution in [2.24, 2.45) is 0 Å². The zero-order valence-electron chi connectivity index (χ0n) is 10.4. The van der Waals surface area contributed by atoms with Crippen molar-refractivity contribution in [3.05, 3.63) is 51.9 Å². The van der Waals surface area contributed by atoms with Crippen LogP contribution < -0.4 is 5.32 Å². The summed E-state index contributed by atoms with van der Waals surface area (Å²) in [5.74, 6) is -1.49. The Labute approximate surface area is 123 Å². The van der Waals surface area contributed by atoms with E-state index in [4.69, 9.17) is 5.11 Å². The van der Waals surface area contributed by atoms with Crippen LogP contribution in [0.25, 0.3) is 0 Å². The molecule has 1 amide bonds. The smallest absolute Gasteiger partial charge is 0.338 e. The van der Waals surface area contributed by atoms with Crippen molar-refractivity contribution >= 4 is 33.6 Å². The molecule has 7 heteroatoms. The van der Waals surface area contributed by atoms with Gasteiger partial charge >= 0.3 is 5.97 Å². The van der Waals surface area contributed by atoms with Gasteiger partial charge < -0.3 is 10.4 Å². The molecule has 0 aliphatic heterocycles. The fourth-order valence-electron chi connectivity index (χ4n) is 1.55. The average molecular weight is 336 g/mol. The number of aryl methyl sites for hydroxylation is 1. The molecule has 0 aromatic carbocycles. The number of pyridine rings is 2. The van der Waals surface area contributed by atoms with Gasteiger partial charge in [0.1, 0.15) is 11.5 Å². The molecule has 0 spiro atoms. The van der Waals surface area contributed by atoms with E-state index >= 15 is 0 Å². The standard InChI is InChI=1S/C13H10BrN3O3/c1-7-9(14)4-5-10(16-7)17-12(18)11-8(13(19)20)3-2-6-15-11/h2-6H,1H3,(H,19,20)(H,16,17,18). The molecule has 2 heterocycles. The molecular formula is C13H10BrN3O3. The number of carboxylic acid groups (broad SMARTS) is 1. The molecule has 20 heavy (non-hydrogen) atoms. The normalized spacial score (nSPS) is 10.1. The Balaban J connectivity index is 2.28. The highest BCUT2D eigenvalue weighted by Gasteiger charge is 2.18. The van der Waals surface area contributed by atoms with Gasteiger partial charge in [0.2, 0.25) is 0 Å². The van der Waals surface area contributed by atoms with Gasteiger partial charge in [-0.05, 0) is 47.1 Å². The molecule has 2 rings (SSSR count). The molecule has 0 bridgehead atoms. The summed E-state index contributed by atoms with van der Waals surface area (Å²) in [5, 5.41) is 11.5. The first-order valence-electron chi connectivity index (χ1n) is 5.62. The molecule has 2 aromatic rings. The number of carbonyl (C=O) groups is 2. The van der Waals surface area contributed by atoms with Gasteiger partial charge in [-0.25, -0.2) is 9.78 Å². The second kappa shape index (κ2) is 5.79. The highest BCUT2D eigenvalue weighted by Crippen LogP contribution is 2.17. The minimum absolute atomic E-state index is 0.151. The number of carboxylic acids is 1. The Kier molecular flexibility index (Phi) is 4.09. The SMILES string of the molecule is Cc1nc(NC(=O)c2ncccc2C(=O)O)ccc1Br. The van der Waals surface area contributed by atoms with Gasteiger partial charge in [0, 0.05) is 10.7 Å². The molecule has 0 saturated carbocycles. The first-order valence-corrected chi connectivity index (χ1v) is 6.41. The van der Waals surface area contributed by atoms with E-state index in [1.54, 1.807) is 19.1 Å². The van der Waals surface area contributed by atoms with Crippen LogP contribution >= 0.6 is 15.9 Å². The van der Waals surface area contributed by atoms with Crippen LogP contribution in [0.15, 0.2) is 34.9 Å². The minimum Gasteiger partial charge on any atom is -0.478 e. The second-order valence-electron chi connectivity index (χ2n) is 3.92. The number of carbonyl (C=O) groups excluding carboxylic acids is 1. The average Bonchev–Trinajstić information content (AvgIpc) is 2.43. The van der Waals surface area contributed by atoms with Crippen molar-refractivity contribution in [2.45, 2.75) is 6.92 Å². The molecule has 0 unspecified atom stereocenters. The Hall–Kier alpha value is -2.28. The fourth-order valence-corrected chi connectivity index (χ4v) is 1.77. The number of aromatic carboxylic acids is 1. The van der Waals surface area contributed by atoms with Crippen molar-refractivity contribution in [2.75, 3.05) is 5.32 Å². The van der Waals surface area contributed by atoms with Gasteiger partial charge in [-0.15, -0.1) is 0 Å². The molecule has 0 radical (unpaired) electrons. The van der Waals surface area contributed by atoms with E-state index < -0.39 is 11.9 Å². The summed E-state index contributed by atoms with van der Waals surface area (Å²) in [6.07, 6.45) is 1.36. The molecule has 2 N–H and O–H groups in total. The van der Waals surface area contributed by atoms with Gasteiger partial charge in [0.25, 0.3) is 5.91 Å². The third-order valence-corrected chi connectivity index (χ3v) is 3.35. The van der Waals surface area contributed by atoms with E-state index in [-0.39, 0.29) is 11.3 Å². The van der Waals surface area contributed by atoms with Crippen LogP contribution in [0.4, 0.5) is 5.82 Å². The predicted octanol–water partition coefficient (Wildman–Crippen LogP) is 2.50. The Morgan fingerprint density at radius 3 is 2.70 bits per heavy atom. The van der Waals surface area contributed by atoms with Gasteiger partial charge in [-0.1, -0.05) is 0 Å². The molecule has 0 aliphatic rings. The maximum atomic E-state index is 12.0. The molecule has 0 aliphatic carbocycles. The monoisotopic (exact) mass is 335 g/mol. The number of rotatable bonds is 3. The maximum Gasteiger partial charge on any atom is 0.338 e. The lowest BCUT2D eigenvalue weighted by Crippen LogP contribution is -2.18. The van der Waals surface area contributed by atoms with E-state index in [1.165, 1.54) is 18.3 Å². The molecule has 0 fully saturated rings. The van der Waals surface area contributed by atoms with Crippen LogP contribution in [0.3, 0.4) is 0 Å². The molecule has 6 nitrogen and oxygen atoms in total. The molecule has 0 saturated heterocycles. The minimum atomic E-state index is -1.21. The summed E-state index contributed by atoms with van der Waals surface area (Å²) in [6.45, 7) is 1.78. The van der Waals surface area contributed by atoms with Crippen LogP contribution in [0.2, 0.25) is 0 Å². The molecule has 102 valence electrons. The summed E-state index contributed by atoms with van der Waals surface area (Å²) in [7, 11) is 0. The van der Waals surface area contributed by atoms with Crippen molar-refractivity contribution in [1.29, 1.82) is 0 Å². The summed E-state index contributed by atoms with van der Waals surface area (Å²) < 4.78 is 0.819. The Bertz CT molecular complexity index is 688. The lowest BCUT2D eigenvalue weighted by Gasteiger charge is -2.07. The van der Waals surface area contributed by atoms with Crippen molar-refractivity contribution in [1.82, 2.24) is 9.97 Å². The Morgan fingerprint density at radius 1 is 1.30 bits per heavy atom. The number of hydrogen-bond donors (Lipinski definition) is 2. The van der Waals surface area contributed by atoms with Gasteiger partial charge in [-0.2, -0.15) is 0 Å². The summed E-state index contributed by atoms with van der Waals surface area (Å²) in [4.78, 5) is 31.0. The predicted molar refractivity (Wildman–Crippen MR) is 75.8 cm³/mol. The Morgan fingerprint density at radius 2 is 2.05 bits per heavy atom. The van der Waals surface area contributed by atoms with Crippen LogP contribution in [-0.2, 0) is 0 Å². The third kappa shape index (κ3) is 3.00. The van der Waals surface area contributed by atoms with E-state index in [9.17, 15) is 9.59 Å². The fraction of sp³-hybridized carbons (Fsp3) is 0.0769. The zero-order valence-corrected chi connectivity index (χ0v) is 12.0. The topological polar surface area (TPSA) is 92.2 Å². The van der Waals surface area contributed by atoms with Crippen LogP contribution in [0.5, 0.6) is 0 Å². The van der Waals surface area contributed by atoms with Crippen molar-refractivity contribution < 1.29 is 14.7 Å². The van der Waals surface area contributed by atoms with Gasteiger partial charge in [-0.3, -0.25) is 9.78 Å².